The van der Waals surface area contributed by atoms with Crippen molar-refractivity contribution in [3.8, 4) is 0 Å². The molecule has 0 spiro atoms. The molecule has 1 aromatic carbocycles. The zero-order valence-corrected chi connectivity index (χ0v) is 8.37. The van der Waals surface area contributed by atoms with E-state index in [9.17, 15) is 0 Å². The summed E-state index contributed by atoms with van der Waals surface area (Å²) in [7, 11) is 0. The van der Waals surface area contributed by atoms with Crippen molar-refractivity contribution in [1.29, 1.82) is 0 Å². The molecule has 76 valence electrons. The van der Waals surface area contributed by atoms with Crippen molar-refractivity contribution < 1.29 is 5.11 Å². The maximum atomic E-state index is 8.86. The van der Waals surface area contributed by atoms with Gasteiger partial charge in [0.15, 0.2) is 0 Å². The predicted molar refractivity (Wildman–Crippen MR) is 57.2 cm³/mol. The fraction of sp³-hybridized carbons (Fsp3) is 0.500. The first kappa shape index (κ1) is 9.69. The van der Waals surface area contributed by atoms with E-state index >= 15 is 0 Å². The summed E-state index contributed by atoms with van der Waals surface area (Å²) in [6.45, 7) is 0.967. The Kier molecular flexibility index (Phi) is 2.57. The molecule has 0 saturated heterocycles. The molecule has 2 heteroatoms. The Hall–Kier alpha value is -0.860. The first-order valence-corrected chi connectivity index (χ1v) is 5.21. The van der Waals surface area contributed by atoms with Crippen molar-refractivity contribution >= 4 is 0 Å². The minimum Gasteiger partial charge on any atom is -0.396 e. The molecule has 0 aliphatic heterocycles. The SMILES string of the molecule is NCC1(c2cccc(CCO)c2)CC1. The minimum absolute atomic E-state index is 0.221. The summed E-state index contributed by atoms with van der Waals surface area (Å²) >= 11 is 0. The quantitative estimate of drug-likeness (QED) is 0.751. The van der Waals surface area contributed by atoms with E-state index in [4.69, 9.17) is 10.8 Å². The van der Waals surface area contributed by atoms with Crippen LogP contribution in [0.4, 0.5) is 0 Å². The number of hydrogen-bond donors (Lipinski definition) is 2. The number of rotatable bonds is 4. The lowest BCUT2D eigenvalue weighted by molar-refractivity contribution is 0.299. The van der Waals surface area contributed by atoms with Gasteiger partial charge in [-0.05, 0) is 30.4 Å². The van der Waals surface area contributed by atoms with Crippen molar-refractivity contribution in [2.75, 3.05) is 13.2 Å². The highest BCUT2D eigenvalue weighted by molar-refractivity contribution is 5.35. The van der Waals surface area contributed by atoms with Gasteiger partial charge in [0.05, 0.1) is 0 Å². The molecular weight excluding hydrogens is 174 g/mol. The van der Waals surface area contributed by atoms with Gasteiger partial charge in [0.25, 0.3) is 0 Å². The second-order valence-corrected chi connectivity index (χ2v) is 4.16. The lowest BCUT2D eigenvalue weighted by atomic mass is 9.94. The molecule has 1 aromatic rings. The Balaban J connectivity index is 2.22. The number of nitrogens with two attached hydrogens (primary N) is 1. The van der Waals surface area contributed by atoms with Crippen LogP contribution in [0.5, 0.6) is 0 Å². The summed E-state index contributed by atoms with van der Waals surface area (Å²) in [6, 6.07) is 8.47. The Morgan fingerprint density at radius 3 is 2.71 bits per heavy atom. The summed E-state index contributed by atoms with van der Waals surface area (Å²) in [4.78, 5) is 0. The van der Waals surface area contributed by atoms with Crippen molar-refractivity contribution in [2.45, 2.75) is 24.7 Å². The predicted octanol–water partition coefficient (Wildman–Crippen LogP) is 1.21. The van der Waals surface area contributed by atoms with Gasteiger partial charge in [0, 0.05) is 18.6 Å². The van der Waals surface area contributed by atoms with E-state index in [0.717, 1.165) is 13.0 Å². The number of hydrogen-bond acceptors (Lipinski definition) is 2. The second-order valence-electron chi connectivity index (χ2n) is 4.16. The Labute approximate surface area is 84.7 Å². The van der Waals surface area contributed by atoms with E-state index in [2.05, 4.69) is 24.3 Å². The number of benzene rings is 1. The normalized spacial score (nSPS) is 18.1. The fourth-order valence-corrected chi connectivity index (χ4v) is 1.95. The third kappa shape index (κ3) is 1.68. The fourth-order valence-electron chi connectivity index (χ4n) is 1.95. The first-order valence-electron chi connectivity index (χ1n) is 5.21. The lowest BCUT2D eigenvalue weighted by Gasteiger charge is -2.13. The van der Waals surface area contributed by atoms with Gasteiger partial charge in [0.1, 0.15) is 0 Å². The molecule has 1 aliphatic rings. The molecule has 2 nitrogen and oxygen atoms in total. The molecule has 0 atom stereocenters. The molecule has 0 bridgehead atoms. The molecule has 0 heterocycles. The second kappa shape index (κ2) is 3.71. The van der Waals surface area contributed by atoms with Crippen LogP contribution in [0.25, 0.3) is 0 Å². The molecule has 1 saturated carbocycles. The van der Waals surface area contributed by atoms with Crippen LogP contribution in [0, 0.1) is 0 Å². The Morgan fingerprint density at radius 1 is 1.36 bits per heavy atom. The molecule has 3 N–H and O–H groups in total. The molecular formula is C12H17NO. The van der Waals surface area contributed by atoms with Crippen LogP contribution in [0.2, 0.25) is 0 Å². The summed E-state index contributed by atoms with van der Waals surface area (Å²) in [5.74, 6) is 0. The van der Waals surface area contributed by atoms with E-state index in [1.807, 2.05) is 0 Å². The van der Waals surface area contributed by atoms with E-state index in [0.29, 0.717) is 0 Å². The highest BCUT2D eigenvalue weighted by atomic mass is 16.2. The van der Waals surface area contributed by atoms with Crippen molar-refractivity contribution in [2.24, 2.45) is 5.73 Å². The van der Waals surface area contributed by atoms with Crippen LogP contribution in [-0.2, 0) is 11.8 Å². The Bertz CT molecular complexity index is 318. The lowest BCUT2D eigenvalue weighted by Crippen LogP contribution is -2.19. The van der Waals surface area contributed by atoms with Gasteiger partial charge in [-0.25, -0.2) is 0 Å². The Morgan fingerprint density at radius 2 is 2.14 bits per heavy atom. The zero-order valence-electron chi connectivity index (χ0n) is 8.37. The van der Waals surface area contributed by atoms with E-state index in [1.165, 1.54) is 24.0 Å². The first-order chi connectivity index (χ1) is 6.80. The van der Waals surface area contributed by atoms with Crippen LogP contribution >= 0.6 is 0 Å². The van der Waals surface area contributed by atoms with E-state index < -0.39 is 0 Å². The zero-order chi connectivity index (χ0) is 10.0. The van der Waals surface area contributed by atoms with Gasteiger partial charge < -0.3 is 10.8 Å². The summed E-state index contributed by atoms with van der Waals surface area (Å²) in [5, 5.41) is 8.86. The van der Waals surface area contributed by atoms with Gasteiger partial charge in [-0.2, -0.15) is 0 Å². The van der Waals surface area contributed by atoms with Crippen molar-refractivity contribution in [3.63, 3.8) is 0 Å². The topological polar surface area (TPSA) is 46.2 Å². The van der Waals surface area contributed by atoms with Crippen molar-refractivity contribution in [3.05, 3.63) is 35.4 Å². The van der Waals surface area contributed by atoms with Crippen molar-refractivity contribution in [1.82, 2.24) is 0 Å². The van der Waals surface area contributed by atoms with Crippen LogP contribution in [0.3, 0.4) is 0 Å². The molecule has 0 radical (unpaired) electrons. The smallest absolute Gasteiger partial charge is 0.0471 e. The highest BCUT2D eigenvalue weighted by Gasteiger charge is 2.42. The molecule has 14 heavy (non-hydrogen) atoms. The van der Waals surface area contributed by atoms with E-state index in [1.54, 1.807) is 0 Å². The van der Waals surface area contributed by atoms with Crippen LogP contribution in [-0.4, -0.2) is 18.3 Å². The monoisotopic (exact) mass is 191 g/mol. The van der Waals surface area contributed by atoms with Crippen LogP contribution in [0.1, 0.15) is 24.0 Å². The third-order valence-electron chi connectivity index (χ3n) is 3.18. The van der Waals surface area contributed by atoms with Gasteiger partial charge in [0.2, 0.25) is 0 Å². The average molecular weight is 191 g/mol. The van der Waals surface area contributed by atoms with E-state index in [-0.39, 0.29) is 12.0 Å². The minimum atomic E-state index is 0.221. The van der Waals surface area contributed by atoms with Gasteiger partial charge >= 0.3 is 0 Å². The van der Waals surface area contributed by atoms with Gasteiger partial charge in [-0.15, -0.1) is 0 Å². The van der Waals surface area contributed by atoms with Crippen LogP contribution in [0.15, 0.2) is 24.3 Å². The van der Waals surface area contributed by atoms with Gasteiger partial charge in [-0.3, -0.25) is 0 Å². The molecule has 0 aromatic heterocycles. The van der Waals surface area contributed by atoms with Crippen LogP contribution < -0.4 is 5.73 Å². The third-order valence-corrected chi connectivity index (χ3v) is 3.18. The highest BCUT2D eigenvalue weighted by Crippen LogP contribution is 2.47. The average Bonchev–Trinajstić information content (AvgIpc) is 2.99. The maximum Gasteiger partial charge on any atom is 0.0471 e. The summed E-state index contributed by atoms with van der Waals surface area (Å²) in [6.07, 6.45) is 3.17. The molecule has 1 aliphatic carbocycles. The number of aliphatic hydroxyl groups is 1. The molecule has 0 unspecified atom stereocenters. The molecule has 2 rings (SSSR count). The summed E-state index contributed by atoms with van der Waals surface area (Å²) < 4.78 is 0. The maximum absolute atomic E-state index is 8.86. The summed E-state index contributed by atoms with van der Waals surface area (Å²) in [5.41, 5.74) is 8.61. The molecule has 1 fully saturated rings. The largest absolute Gasteiger partial charge is 0.396 e. The molecule has 0 amide bonds. The van der Waals surface area contributed by atoms with Gasteiger partial charge in [-0.1, -0.05) is 24.3 Å². The standard InChI is InChI=1S/C12H17NO/c13-9-12(5-6-12)11-3-1-2-10(8-11)4-7-14/h1-3,8,14H,4-7,9,13H2. The number of aliphatic hydroxyl groups excluding tert-OH is 1.